The van der Waals surface area contributed by atoms with Crippen LogP contribution in [0.1, 0.15) is 12.8 Å². The van der Waals surface area contributed by atoms with Gasteiger partial charge in [0, 0.05) is 5.92 Å². The van der Waals surface area contributed by atoms with E-state index in [1.165, 1.54) is 12.8 Å². The molecule has 0 saturated heterocycles. The Morgan fingerprint density at radius 2 is 2.50 bits per heavy atom. The highest BCUT2D eigenvalue weighted by Crippen LogP contribution is 2.58. The van der Waals surface area contributed by atoms with Gasteiger partial charge in [0.15, 0.2) is 0 Å². The van der Waals surface area contributed by atoms with Gasteiger partial charge in [-0.05, 0) is 24.3 Å². The highest BCUT2D eigenvalue weighted by Gasteiger charge is 2.46. The van der Waals surface area contributed by atoms with Crippen molar-refractivity contribution in [1.82, 2.24) is 0 Å². The van der Waals surface area contributed by atoms with Crippen LogP contribution < -0.4 is 0 Å². The molecule has 5 aliphatic rings. The Bertz CT molecular complexity index is 208. The van der Waals surface area contributed by atoms with Gasteiger partial charge >= 0.3 is 0 Å². The van der Waals surface area contributed by atoms with Gasteiger partial charge in [-0.3, -0.25) is 0 Å². The molecule has 1 fully saturated rings. The summed E-state index contributed by atoms with van der Waals surface area (Å²) in [6.07, 6.45) is 7.58. The van der Waals surface area contributed by atoms with Crippen molar-refractivity contribution >= 4 is 0 Å². The second-order valence-electron chi connectivity index (χ2n) is 3.01. The van der Waals surface area contributed by atoms with Crippen LogP contribution >= 0.6 is 0 Å². The molecule has 0 N–H and O–H groups in total. The molecule has 5 aliphatic carbocycles. The Labute approximate surface area is 48.9 Å². The largest absolute Gasteiger partial charge is 0.0764 e. The molecule has 0 heteroatoms. The van der Waals surface area contributed by atoms with Crippen LogP contribution in [-0.4, -0.2) is 0 Å². The summed E-state index contributed by atoms with van der Waals surface area (Å²) in [5.74, 6) is 1.94. The van der Waals surface area contributed by atoms with Crippen molar-refractivity contribution in [3.8, 4) is 0 Å². The number of allylic oxidation sites excluding steroid dienone is 4. The minimum Gasteiger partial charge on any atom is -0.0764 e. The van der Waals surface area contributed by atoms with Crippen LogP contribution in [-0.2, 0) is 0 Å². The molecule has 0 heterocycles. The highest BCUT2D eigenvalue weighted by molar-refractivity contribution is 5.53. The second kappa shape index (κ2) is 0.812. The van der Waals surface area contributed by atoms with Gasteiger partial charge in [-0.15, -0.1) is 0 Å². The van der Waals surface area contributed by atoms with Crippen LogP contribution in [0.15, 0.2) is 23.3 Å². The summed E-state index contributed by atoms with van der Waals surface area (Å²) >= 11 is 0. The van der Waals surface area contributed by atoms with E-state index >= 15 is 0 Å². The summed E-state index contributed by atoms with van der Waals surface area (Å²) < 4.78 is 0. The lowest BCUT2D eigenvalue weighted by Gasteiger charge is -2.22. The van der Waals surface area contributed by atoms with Crippen LogP contribution in [0.5, 0.6) is 0 Å². The highest BCUT2D eigenvalue weighted by atomic mass is 14.5. The SMILES string of the molecule is C1=CC2C3=C1C2CC3. The Kier molecular flexibility index (Phi) is 0.355. The van der Waals surface area contributed by atoms with E-state index in [0.717, 1.165) is 11.8 Å². The van der Waals surface area contributed by atoms with E-state index in [1.54, 1.807) is 11.1 Å². The van der Waals surface area contributed by atoms with E-state index < -0.39 is 0 Å². The van der Waals surface area contributed by atoms with E-state index in [-0.39, 0.29) is 0 Å². The van der Waals surface area contributed by atoms with Crippen LogP contribution in [0.3, 0.4) is 0 Å². The Morgan fingerprint density at radius 1 is 1.50 bits per heavy atom. The van der Waals surface area contributed by atoms with Crippen LogP contribution in [0, 0.1) is 11.8 Å². The average Bonchev–Trinajstić information content (AvgIpc) is 2.39. The van der Waals surface area contributed by atoms with Crippen molar-refractivity contribution in [3.63, 3.8) is 0 Å². The maximum absolute atomic E-state index is 2.38. The van der Waals surface area contributed by atoms with Gasteiger partial charge in [0.05, 0.1) is 0 Å². The fraction of sp³-hybridized carbons (Fsp3) is 0.500. The third kappa shape index (κ3) is 0.169. The van der Waals surface area contributed by atoms with E-state index in [0.29, 0.717) is 0 Å². The predicted molar refractivity (Wildman–Crippen MR) is 32.4 cm³/mol. The standard InChI is InChI=1S/C8H8/c1-2-6-7-3-4-8(6)5(1)7/h1-2,5,7H,3-4H2. The predicted octanol–water partition coefficient (Wildman–Crippen LogP) is 1.89. The molecule has 0 aliphatic heterocycles. The lowest BCUT2D eigenvalue weighted by molar-refractivity contribution is 0.548. The summed E-state index contributed by atoms with van der Waals surface area (Å²) in [6, 6.07) is 0. The van der Waals surface area contributed by atoms with E-state index in [9.17, 15) is 0 Å². The Balaban J connectivity index is 2.30. The average molecular weight is 104 g/mol. The molecule has 5 rings (SSSR count). The first-order chi connectivity index (χ1) is 3.97. The van der Waals surface area contributed by atoms with Crippen molar-refractivity contribution in [2.75, 3.05) is 0 Å². The fourth-order valence-corrected chi connectivity index (χ4v) is 2.42. The van der Waals surface area contributed by atoms with E-state index in [2.05, 4.69) is 12.2 Å². The summed E-state index contributed by atoms with van der Waals surface area (Å²) in [7, 11) is 0. The molecule has 0 radical (unpaired) electrons. The van der Waals surface area contributed by atoms with Crippen molar-refractivity contribution in [1.29, 1.82) is 0 Å². The molecule has 0 spiro atoms. The minimum absolute atomic E-state index is 0.935. The molecule has 0 aromatic rings. The van der Waals surface area contributed by atoms with Gasteiger partial charge in [-0.2, -0.15) is 0 Å². The quantitative estimate of drug-likeness (QED) is 0.440. The van der Waals surface area contributed by atoms with Gasteiger partial charge in [0.1, 0.15) is 0 Å². The molecule has 40 valence electrons. The van der Waals surface area contributed by atoms with Gasteiger partial charge in [0.2, 0.25) is 0 Å². The van der Waals surface area contributed by atoms with Crippen LogP contribution in [0.25, 0.3) is 0 Å². The number of hydrogen-bond donors (Lipinski definition) is 0. The van der Waals surface area contributed by atoms with Gasteiger partial charge in [-0.25, -0.2) is 0 Å². The minimum atomic E-state index is 0.935. The summed E-state index contributed by atoms with van der Waals surface area (Å²) in [6.45, 7) is 0. The molecular formula is C8H8. The molecule has 0 aromatic heterocycles. The van der Waals surface area contributed by atoms with Gasteiger partial charge in [-0.1, -0.05) is 17.7 Å². The Hall–Kier alpha value is -0.520. The molecule has 0 nitrogen and oxygen atoms in total. The van der Waals surface area contributed by atoms with Gasteiger partial charge < -0.3 is 0 Å². The number of rotatable bonds is 0. The van der Waals surface area contributed by atoms with Crippen molar-refractivity contribution < 1.29 is 0 Å². The molecule has 4 bridgehead atoms. The topological polar surface area (TPSA) is 0 Å². The summed E-state index contributed by atoms with van der Waals surface area (Å²) in [4.78, 5) is 0. The zero-order valence-electron chi connectivity index (χ0n) is 4.72. The molecule has 2 atom stereocenters. The monoisotopic (exact) mass is 104 g/mol. The number of hydrogen-bond acceptors (Lipinski definition) is 0. The van der Waals surface area contributed by atoms with Crippen molar-refractivity contribution in [2.24, 2.45) is 11.8 Å². The third-order valence-corrected chi connectivity index (χ3v) is 2.81. The molecule has 0 aromatic carbocycles. The first-order valence-electron chi connectivity index (χ1n) is 3.38. The second-order valence-corrected chi connectivity index (χ2v) is 3.01. The summed E-state index contributed by atoms with van der Waals surface area (Å²) in [5.41, 5.74) is 3.48. The number of fused-ring (bicyclic) bond motifs is 1. The lowest BCUT2D eigenvalue weighted by atomic mass is 9.82. The smallest absolute Gasteiger partial charge is 0.00547 e. The molecule has 0 amide bonds. The first kappa shape index (κ1) is 3.49. The third-order valence-electron chi connectivity index (χ3n) is 2.81. The lowest BCUT2D eigenvalue weighted by Crippen LogP contribution is -2.13. The van der Waals surface area contributed by atoms with E-state index in [4.69, 9.17) is 0 Å². The summed E-state index contributed by atoms with van der Waals surface area (Å²) in [5, 5.41) is 0. The van der Waals surface area contributed by atoms with Crippen LogP contribution in [0.4, 0.5) is 0 Å². The van der Waals surface area contributed by atoms with Crippen molar-refractivity contribution in [2.45, 2.75) is 12.8 Å². The van der Waals surface area contributed by atoms with Gasteiger partial charge in [0.25, 0.3) is 0 Å². The molecule has 2 unspecified atom stereocenters. The molecule has 1 saturated carbocycles. The maximum Gasteiger partial charge on any atom is 0.00547 e. The fourth-order valence-electron chi connectivity index (χ4n) is 2.42. The molecule has 8 heavy (non-hydrogen) atoms. The normalized spacial score (nSPS) is 46.0. The van der Waals surface area contributed by atoms with Crippen LogP contribution in [0.2, 0.25) is 0 Å². The first-order valence-corrected chi connectivity index (χ1v) is 3.38. The molecular weight excluding hydrogens is 96.1 g/mol. The van der Waals surface area contributed by atoms with Crippen molar-refractivity contribution in [3.05, 3.63) is 23.3 Å². The zero-order valence-corrected chi connectivity index (χ0v) is 4.72. The maximum atomic E-state index is 2.38. The Morgan fingerprint density at radius 3 is 2.88 bits per heavy atom. The van der Waals surface area contributed by atoms with E-state index in [1.807, 2.05) is 0 Å². The zero-order chi connectivity index (χ0) is 5.14.